The Balaban J connectivity index is 1.76. The van der Waals surface area contributed by atoms with E-state index < -0.39 is 15.9 Å². The van der Waals surface area contributed by atoms with Crippen LogP contribution in [0.15, 0.2) is 53.4 Å². The number of ether oxygens (including phenoxy) is 1. The molecule has 2 aromatic carbocycles. The van der Waals surface area contributed by atoms with Crippen LogP contribution in [0.2, 0.25) is 5.02 Å². The predicted octanol–water partition coefficient (Wildman–Crippen LogP) is 3.05. The summed E-state index contributed by atoms with van der Waals surface area (Å²) >= 11 is 6.06. The van der Waals surface area contributed by atoms with E-state index in [-0.39, 0.29) is 28.1 Å². The van der Waals surface area contributed by atoms with Gasteiger partial charge in [0.25, 0.3) is 5.91 Å². The van der Waals surface area contributed by atoms with E-state index in [4.69, 9.17) is 16.3 Å². The second-order valence-electron chi connectivity index (χ2n) is 5.95. The van der Waals surface area contributed by atoms with Crippen molar-refractivity contribution in [1.82, 2.24) is 4.72 Å². The maximum absolute atomic E-state index is 12.6. The van der Waals surface area contributed by atoms with Crippen LogP contribution in [0.4, 0.5) is 5.69 Å². The molecule has 1 aliphatic heterocycles. The van der Waals surface area contributed by atoms with Crippen LogP contribution >= 0.6 is 11.6 Å². The number of sulfonamides is 1. The monoisotopic (exact) mass is 394 g/mol. The van der Waals surface area contributed by atoms with Gasteiger partial charge < -0.3 is 10.1 Å². The molecule has 0 saturated carbocycles. The standard InChI is InChI=1S/C18H19ClN2O4S/c19-16-9-8-13(18(22)21-14-5-2-1-3-6-14)11-17(16)26(23,24)20-12-15-7-4-10-25-15/h1-3,5-6,8-9,11,15,20H,4,7,10,12H2,(H,21,22)/t15-/m0/s1. The summed E-state index contributed by atoms with van der Waals surface area (Å²) in [6.45, 7) is 0.821. The van der Waals surface area contributed by atoms with Gasteiger partial charge in [0.1, 0.15) is 4.90 Å². The molecule has 8 heteroatoms. The molecule has 1 saturated heterocycles. The number of amides is 1. The van der Waals surface area contributed by atoms with E-state index in [0.29, 0.717) is 12.3 Å². The largest absolute Gasteiger partial charge is 0.377 e. The molecule has 0 spiro atoms. The van der Waals surface area contributed by atoms with E-state index in [1.165, 1.54) is 18.2 Å². The van der Waals surface area contributed by atoms with Gasteiger partial charge in [0.15, 0.2) is 0 Å². The number of hydrogen-bond donors (Lipinski definition) is 2. The number of anilines is 1. The van der Waals surface area contributed by atoms with Crippen molar-refractivity contribution in [1.29, 1.82) is 0 Å². The first-order chi connectivity index (χ1) is 12.5. The fourth-order valence-electron chi connectivity index (χ4n) is 2.66. The van der Waals surface area contributed by atoms with E-state index >= 15 is 0 Å². The van der Waals surface area contributed by atoms with Crippen LogP contribution in [0.1, 0.15) is 23.2 Å². The van der Waals surface area contributed by atoms with Crippen LogP contribution in [0.3, 0.4) is 0 Å². The van der Waals surface area contributed by atoms with Crippen molar-refractivity contribution in [2.75, 3.05) is 18.5 Å². The SMILES string of the molecule is O=C(Nc1ccccc1)c1ccc(Cl)c(S(=O)(=O)NC[C@@H]2CCCO2)c1. The summed E-state index contributed by atoms with van der Waals surface area (Å²) in [5.41, 5.74) is 0.823. The third-order valence-corrected chi connectivity index (χ3v) is 5.94. The number of halogens is 1. The Bertz CT molecular complexity index is 881. The smallest absolute Gasteiger partial charge is 0.255 e. The van der Waals surface area contributed by atoms with Gasteiger partial charge in [-0.2, -0.15) is 0 Å². The topological polar surface area (TPSA) is 84.5 Å². The van der Waals surface area contributed by atoms with Crippen molar-refractivity contribution < 1.29 is 17.9 Å². The number of carbonyl (C=O) groups excluding carboxylic acids is 1. The molecule has 2 aromatic rings. The minimum absolute atomic E-state index is 0.0566. The number of nitrogens with one attached hydrogen (secondary N) is 2. The average molecular weight is 395 g/mol. The Morgan fingerprint density at radius 1 is 1.19 bits per heavy atom. The minimum Gasteiger partial charge on any atom is -0.377 e. The summed E-state index contributed by atoms with van der Waals surface area (Å²) in [6.07, 6.45) is 1.60. The molecule has 0 radical (unpaired) electrons. The first kappa shape index (κ1) is 18.8. The highest BCUT2D eigenvalue weighted by molar-refractivity contribution is 7.89. The highest BCUT2D eigenvalue weighted by Crippen LogP contribution is 2.23. The number of hydrogen-bond acceptors (Lipinski definition) is 4. The van der Waals surface area contributed by atoms with Crippen molar-refractivity contribution in [3.63, 3.8) is 0 Å². The highest BCUT2D eigenvalue weighted by atomic mass is 35.5. The van der Waals surface area contributed by atoms with Crippen LogP contribution in [-0.4, -0.2) is 33.6 Å². The van der Waals surface area contributed by atoms with E-state index in [0.717, 1.165) is 12.8 Å². The van der Waals surface area contributed by atoms with E-state index in [1.807, 2.05) is 6.07 Å². The van der Waals surface area contributed by atoms with Gasteiger partial charge in [-0.3, -0.25) is 4.79 Å². The molecule has 1 fully saturated rings. The van der Waals surface area contributed by atoms with Crippen molar-refractivity contribution in [2.24, 2.45) is 0 Å². The zero-order valence-electron chi connectivity index (χ0n) is 13.9. The molecule has 1 heterocycles. The van der Waals surface area contributed by atoms with E-state index in [1.54, 1.807) is 24.3 Å². The second kappa shape index (κ2) is 8.18. The highest BCUT2D eigenvalue weighted by Gasteiger charge is 2.23. The molecule has 0 bridgehead atoms. The van der Waals surface area contributed by atoms with E-state index in [9.17, 15) is 13.2 Å². The maximum atomic E-state index is 12.6. The van der Waals surface area contributed by atoms with Crippen molar-refractivity contribution in [2.45, 2.75) is 23.8 Å². The van der Waals surface area contributed by atoms with Gasteiger partial charge in [-0.1, -0.05) is 29.8 Å². The van der Waals surface area contributed by atoms with Gasteiger partial charge in [0.05, 0.1) is 11.1 Å². The minimum atomic E-state index is -3.85. The third-order valence-electron chi connectivity index (χ3n) is 4.04. The molecule has 0 aliphatic carbocycles. The van der Waals surface area contributed by atoms with Crippen LogP contribution in [0.5, 0.6) is 0 Å². The molecule has 1 amide bonds. The molecular weight excluding hydrogens is 376 g/mol. The summed E-state index contributed by atoms with van der Waals surface area (Å²) in [5.74, 6) is -0.413. The Morgan fingerprint density at radius 3 is 2.65 bits per heavy atom. The molecule has 2 N–H and O–H groups in total. The zero-order valence-corrected chi connectivity index (χ0v) is 15.5. The molecule has 3 rings (SSSR count). The quantitative estimate of drug-likeness (QED) is 0.788. The molecule has 0 aromatic heterocycles. The summed E-state index contributed by atoms with van der Waals surface area (Å²) in [6, 6.07) is 13.1. The van der Waals surface area contributed by atoms with Gasteiger partial charge in [-0.15, -0.1) is 0 Å². The Morgan fingerprint density at radius 2 is 1.96 bits per heavy atom. The van der Waals surface area contributed by atoms with Crippen molar-refractivity contribution >= 4 is 33.2 Å². The van der Waals surface area contributed by atoms with Gasteiger partial charge >= 0.3 is 0 Å². The molecule has 1 aliphatic rings. The first-order valence-corrected chi connectivity index (χ1v) is 10.1. The number of benzene rings is 2. The second-order valence-corrected chi connectivity index (χ2v) is 8.09. The lowest BCUT2D eigenvalue weighted by Crippen LogP contribution is -2.32. The summed E-state index contributed by atoms with van der Waals surface area (Å²) in [7, 11) is -3.85. The molecule has 6 nitrogen and oxygen atoms in total. The fraction of sp³-hybridized carbons (Fsp3) is 0.278. The van der Waals surface area contributed by atoms with Gasteiger partial charge in [-0.05, 0) is 43.2 Å². The average Bonchev–Trinajstić information content (AvgIpc) is 3.15. The van der Waals surface area contributed by atoms with Gasteiger partial charge in [0, 0.05) is 24.4 Å². The Labute approximate surface area is 157 Å². The molecular formula is C18H19ClN2O4S. The number of para-hydroxylation sites is 1. The van der Waals surface area contributed by atoms with Crippen LogP contribution < -0.4 is 10.0 Å². The van der Waals surface area contributed by atoms with Crippen LogP contribution in [0, 0.1) is 0 Å². The van der Waals surface area contributed by atoms with E-state index in [2.05, 4.69) is 10.0 Å². The Kier molecular flexibility index (Phi) is 5.93. The number of carbonyl (C=O) groups is 1. The van der Waals surface area contributed by atoms with Crippen molar-refractivity contribution in [3.05, 3.63) is 59.1 Å². The predicted molar refractivity (Wildman–Crippen MR) is 100 cm³/mol. The maximum Gasteiger partial charge on any atom is 0.255 e. The lowest BCUT2D eigenvalue weighted by Gasteiger charge is -2.13. The summed E-state index contributed by atoms with van der Waals surface area (Å²) in [5, 5.41) is 2.77. The third kappa shape index (κ3) is 4.62. The fourth-order valence-corrected chi connectivity index (χ4v) is 4.25. The lowest BCUT2D eigenvalue weighted by atomic mass is 10.2. The molecule has 0 unspecified atom stereocenters. The zero-order chi connectivity index (χ0) is 18.6. The number of rotatable bonds is 6. The molecule has 26 heavy (non-hydrogen) atoms. The first-order valence-electron chi connectivity index (χ1n) is 8.23. The summed E-state index contributed by atoms with van der Waals surface area (Å²) in [4.78, 5) is 12.3. The van der Waals surface area contributed by atoms with Crippen LogP contribution in [0.25, 0.3) is 0 Å². The normalized spacial score (nSPS) is 17.2. The molecule has 138 valence electrons. The lowest BCUT2D eigenvalue weighted by molar-refractivity contribution is 0.102. The van der Waals surface area contributed by atoms with Gasteiger partial charge in [0.2, 0.25) is 10.0 Å². The Hall–Kier alpha value is -1.93. The van der Waals surface area contributed by atoms with Gasteiger partial charge in [-0.25, -0.2) is 13.1 Å². The molecule has 1 atom stereocenters. The van der Waals surface area contributed by atoms with Crippen molar-refractivity contribution in [3.8, 4) is 0 Å². The van der Waals surface area contributed by atoms with Crippen LogP contribution in [-0.2, 0) is 14.8 Å². The summed E-state index contributed by atoms with van der Waals surface area (Å²) < 4.78 is 33.0.